The molecule has 0 bridgehead atoms. The standard InChI is InChI=1S/C15H17NO2/c1-10-7-13(8-11(2)15(10)18-3)14(17)12-5-4-6-16-9-12/h4-9,14,17H,1-3H3. The van der Waals surface area contributed by atoms with Gasteiger partial charge in [0.15, 0.2) is 0 Å². The van der Waals surface area contributed by atoms with Crippen molar-refractivity contribution < 1.29 is 9.84 Å². The minimum absolute atomic E-state index is 0.651. The van der Waals surface area contributed by atoms with Gasteiger partial charge in [0.05, 0.1) is 7.11 Å². The van der Waals surface area contributed by atoms with Crippen LogP contribution in [0.1, 0.15) is 28.4 Å². The van der Waals surface area contributed by atoms with Gasteiger partial charge in [0.1, 0.15) is 11.9 Å². The number of hydrogen-bond acceptors (Lipinski definition) is 3. The van der Waals surface area contributed by atoms with Crippen LogP contribution in [0.3, 0.4) is 0 Å². The van der Waals surface area contributed by atoms with Crippen LogP contribution in [0.25, 0.3) is 0 Å². The maximum atomic E-state index is 10.3. The Balaban J connectivity index is 2.41. The fourth-order valence-electron chi connectivity index (χ4n) is 2.19. The number of aryl methyl sites for hydroxylation is 2. The summed E-state index contributed by atoms with van der Waals surface area (Å²) in [5.41, 5.74) is 3.70. The smallest absolute Gasteiger partial charge is 0.124 e. The second-order valence-electron chi connectivity index (χ2n) is 4.38. The molecule has 1 aromatic heterocycles. The summed E-state index contributed by atoms with van der Waals surface area (Å²) in [5.74, 6) is 0.872. The molecule has 94 valence electrons. The number of nitrogens with zero attached hydrogens (tertiary/aromatic N) is 1. The summed E-state index contributed by atoms with van der Waals surface area (Å²) in [7, 11) is 1.66. The Morgan fingerprint density at radius 2 is 1.83 bits per heavy atom. The molecule has 0 saturated heterocycles. The molecular formula is C15H17NO2. The van der Waals surface area contributed by atoms with E-state index in [2.05, 4.69) is 4.98 Å². The maximum absolute atomic E-state index is 10.3. The average molecular weight is 243 g/mol. The second-order valence-corrected chi connectivity index (χ2v) is 4.38. The van der Waals surface area contributed by atoms with Gasteiger partial charge in [0.25, 0.3) is 0 Å². The monoisotopic (exact) mass is 243 g/mol. The Labute approximate surface area is 107 Å². The van der Waals surface area contributed by atoms with Crippen LogP contribution >= 0.6 is 0 Å². The molecule has 0 saturated carbocycles. The number of rotatable bonds is 3. The van der Waals surface area contributed by atoms with E-state index in [1.807, 2.05) is 38.1 Å². The van der Waals surface area contributed by atoms with Crippen molar-refractivity contribution >= 4 is 0 Å². The molecule has 2 aromatic rings. The van der Waals surface area contributed by atoms with Gasteiger partial charge in [0.2, 0.25) is 0 Å². The number of hydrogen-bond donors (Lipinski definition) is 1. The molecule has 0 aliphatic rings. The van der Waals surface area contributed by atoms with E-state index in [0.29, 0.717) is 0 Å². The summed E-state index contributed by atoms with van der Waals surface area (Å²) in [5, 5.41) is 10.3. The lowest BCUT2D eigenvalue weighted by atomic mass is 9.98. The third-order valence-corrected chi connectivity index (χ3v) is 3.00. The van der Waals surface area contributed by atoms with Crippen LogP contribution in [0.4, 0.5) is 0 Å². The topological polar surface area (TPSA) is 42.4 Å². The zero-order chi connectivity index (χ0) is 13.1. The van der Waals surface area contributed by atoms with Gasteiger partial charge < -0.3 is 9.84 Å². The predicted octanol–water partition coefficient (Wildman–Crippen LogP) is 2.79. The van der Waals surface area contributed by atoms with E-state index in [9.17, 15) is 5.11 Å². The first-order valence-electron chi connectivity index (χ1n) is 5.86. The number of benzene rings is 1. The highest BCUT2D eigenvalue weighted by Crippen LogP contribution is 2.29. The minimum Gasteiger partial charge on any atom is -0.496 e. The minimum atomic E-state index is -0.651. The van der Waals surface area contributed by atoms with Gasteiger partial charge in [-0.05, 0) is 48.7 Å². The molecule has 0 radical (unpaired) electrons. The molecule has 1 heterocycles. The molecule has 2 rings (SSSR count). The van der Waals surface area contributed by atoms with E-state index in [0.717, 1.165) is 28.0 Å². The quantitative estimate of drug-likeness (QED) is 0.901. The lowest BCUT2D eigenvalue weighted by Crippen LogP contribution is -2.02. The van der Waals surface area contributed by atoms with Crippen molar-refractivity contribution in [1.29, 1.82) is 0 Å². The molecular weight excluding hydrogens is 226 g/mol. The molecule has 1 aromatic carbocycles. The zero-order valence-electron chi connectivity index (χ0n) is 10.8. The number of methoxy groups -OCH3 is 1. The molecule has 1 N–H and O–H groups in total. The Morgan fingerprint density at radius 1 is 1.17 bits per heavy atom. The number of aliphatic hydroxyl groups is 1. The molecule has 1 atom stereocenters. The molecule has 0 amide bonds. The molecule has 3 nitrogen and oxygen atoms in total. The number of ether oxygens (including phenoxy) is 1. The summed E-state index contributed by atoms with van der Waals surface area (Å²) in [6.45, 7) is 3.95. The Morgan fingerprint density at radius 3 is 2.33 bits per heavy atom. The van der Waals surface area contributed by atoms with Gasteiger partial charge in [-0.3, -0.25) is 4.98 Å². The fraction of sp³-hybridized carbons (Fsp3) is 0.267. The van der Waals surface area contributed by atoms with Crippen LogP contribution in [-0.2, 0) is 0 Å². The SMILES string of the molecule is COc1c(C)cc(C(O)c2cccnc2)cc1C. The summed E-state index contributed by atoms with van der Waals surface area (Å²) in [6.07, 6.45) is 2.72. The first-order valence-corrected chi connectivity index (χ1v) is 5.86. The molecule has 0 fully saturated rings. The van der Waals surface area contributed by atoms with Gasteiger partial charge in [0, 0.05) is 18.0 Å². The summed E-state index contributed by atoms with van der Waals surface area (Å²) < 4.78 is 5.32. The van der Waals surface area contributed by atoms with Crippen LogP contribution < -0.4 is 4.74 Å². The largest absolute Gasteiger partial charge is 0.496 e. The second kappa shape index (κ2) is 5.19. The van der Waals surface area contributed by atoms with E-state index in [1.165, 1.54) is 0 Å². The number of aliphatic hydroxyl groups excluding tert-OH is 1. The Bertz CT molecular complexity index is 514. The van der Waals surface area contributed by atoms with E-state index in [-0.39, 0.29) is 0 Å². The van der Waals surface area contributed by atoms with Gasteiger partial charge in [-0.1, -0.05) is 6.07 Å². The first-order chi connectivity index (χ1) is 8.63. The zero-order valence-corrected chi connectivity index (χ0v) is 10.8. The highest BCUT2D eigenvalue weighted by Gasteiger charge is 2.13. The summed E-state index contributed by atoms with van der Waals surface area (Å²) in [4.78, 5) is 4.03. The number of aromatic nitrogens is 1. The van der Waals surface area contributed by atoms with Crippen LogP contribution in [0.5, 0.6) is 5.75 Å². The third kappa shape index (κ3) is 2.36. The normalized spacial score (nSPS) is 12.2. The lowest BCUT2D eigenvalue weighted by molar-refractivity contribution is 0.219. The molecule has 18 heavy (non-hydrogen) atoms. The first kappa shape index (κ1) is 12.6. The van der Waals surface area contributed by atoms with Crippen LogP contribution in [0.15, 0.2) is 36.7 Å². The van der Waals surface area contributed by atoms with Crippen molar-refractivity contribution in [3.05, 3.63) is 58.9 Å². The summed E-state index contributed by atoms with van der Waals surface area (Å²) >= 11 is 0. The molecule has 1 unspecified atom stereocenters. The third-order valence-electron chi connectivity index (χ3n) is 3.00. The molecule has 0 spiro atoms. The van der Waals surface area contributed by atoms with Crippen molar-refractivity contribution in [1.82, 2.24) is 4.98 Å². The van der Waals surface area contributed by atoms with E-state index in [4.69, 9.17) is 4.74 Å². The molecule has 3 heteroatoms. The van der Waals surface area contributed by atoms with Crippen molar-refractivity contribution in [3.8, 4) is 5.75 Å². The Kier molecular flexibility index (Phi) is 3.63. The van der Waals surface area contributed by atoms with Crippen molar-refractivity contribution in [2.24, 2.45) is 0 Å². The molecule has 0 aliphatic heterocycles. The van der Waals surface area contributed by atoms with Gasteiger partial charge in [-0.15, -0.1) is 0 Å². The van der Waals surface area contributed by atoms with Crippen molar-refractivity contribution in [2.75, 3.05) is 7.11 Å². The van der Waals surface area contributed by atoms with Gasteiger partial charge in [-0.2, -0.15) is 0 Å². The van der Waals surface area contributed by atoms with Gasteiger partial charge >= 0.3 is 0 Å². The number of pyridine rings is 1. The van der Waals surface area contributed by atoms with E-state index >= 15 is 0 Å². The molecule has 0 aliphatic carbocycles. The van der Waals surface area contributed by atoms with Crippen LogP contribution in [-0.4, -0.2) is 17.2 Å². The highest BCUT2D eigenvalue weighted by atomic mass is 16.5. The average Bonchev–Trinajstić information content (AvgIpc) is 2.38. The summed E-state index contributed by atoms with van der Waals surface area (Å²) in [6, 6.07) is 7.58. The van der Waals surface area contributed by atoms with Crippen LogP contribution in [0, 0.1) is 13.8 Å². The van der Waals surface area contributed by atoms with Crippen molar-refractivity contribution in [3.63, 3.8) is 0 Å². The highest BCUT2D eigenvalue weighted by molar-refractivity contribution is 5.45. The predicted molar refractivity (Wildman–Crippen MR) is 70.8 cm³/mol. The fourth-order valence-corrected chi connectivity index (χ4v) is 2.19. The van der Waals surface area contributed by atoms with Crippen LogP contribution in [0.2, 0.25) is 0 Å². The van der Waals surface area contributed by atoms with Crippen molar-refractivity contribution in [2.45, 2.75) is 20.0 Å². The lowest BCUT2D eigenvalue weighted by Gasteiger charge is -2.15. The van der Waals surface area contributed by atoms with Gasteiger partial charge in [-0.25, -0.2) is 0 Å². The Hall–Kier alpha value is -1.87. The maximum Gasteiger partial charge on any atom is 0.124 e. The van der Waals surface area contributed by atoms with E-state index in [1.54, 1.807) is 19.5 Å². The van der Waals surface area contributed by atoms with E-state index < -0.39 is 6.10 Å².